The number of phosphoric acid groups is 1. The summed E-state index contributed by atoms with van der Waals surface area (Å²) in [6.07, 6.45) is -3.74. The average Bonchev–Trinajstić information content (AvgIpc) is 3.59. The second-order valence-corrected chi connectivity index (χ2v) is 23.4. The van der Waals surface area contributed by atoms with Crippen LogP contribution < -0.4 is 25.2 Å². The van der Waals surface area contributed by atoms with Crippen molar-refractivity contribution < 1.29 is 41.9 Å². The number of halogens is 1. The van der Waals surface area contributed by atoms with Crippen LogP contribution in [0.15, 0.2) is 125 Å². The average molecular weight is 953 g/mol. The summed E-state index contributed by atoms with van der Waals surface area (Å²) in [7, 11) is -4.64. The van der Waals surface area contributed by atoms with Crippen molar-refractivity contribution in [3.8, 4) is 17.2 Å². The molecule has 0 spiro atoms. The smallest absolute Gasteiger partial charge is 0.497 e. The van der Waals surface area contributed by atoms with Crippen LogP contribution in [-0.2, 0) is 28.6 Å². The molecule has 4 aromatic carbocycles. The lowest BCUT2D eigenvalue weighted by Gasteiger charge is -2.41. The molecule has 0 saturated carbocycles. The molecule has 1 aliphatic heterocycles. The molecule has 65 heavy (non-hydrogen) atoms. The number of phosphoric ester groups is 1. The van der Waals surface area contributed by atoms with Crippen molar-refractivity contribution in [2.75, 3.05) is 40.5 Å². The summed E-state index contributed by atoms with van der Waals surface area (Å²) >= 11 is 6.33. The molecule has 1 saturated heterocycles. The summed E-state index contributed by atoms with van der Waals surface area (Å²) in [6, 6.07) is 31.8. The van der Waals surface area contributed by atoms with E-state index in [1.54, 1.807) is 26.4 Å². The topological polar surface area (TPSA) is 160 Å². The Bertz CT molecular complexity index is 2390. The lowest BCUT2D eigenvalue weighted by atomic mass is 9.80. The second-order valence-electron chi connectivity index (χ2n) is 16.9. The van der Waals surface area contributed by atoms with Crippen molar-refractivity contribution in [1.82, 2.24) is 14.5 Å². The second kappa shape index (κ2) is 22.3. The van der Waals surface area contributed by atoms with E-state index in [1.807, 2.05) is 113 Å². The Morgan fingerprint density at radius 3 is 1.78 bits per heavy atom. The molecule has 5 atom stereocenters. The van der Waals surface area contributed by atoms with Crippen molar-refractivity contribution in [3.05, 3.63) is 158 Å². The highest BCUT2D eigenvalue weighted by Gasteiger charge is 2.55. The fourth-order valence-corrected chi connectivity index (χ4v) is 9.76. The molecule has 6 rings (SSSR count). The van der Waals surface area contributed by atoms with Crippen LogP contribution in [0.2, 0.25) is 23.2 Å². The predicted molar refractivity (Wildman–Crippen MR) is 256 cm³/mol. The number of H-pyrrole nitrogens is 1. The van der Waals surface area contributed by atoms with Crippen LogP contribution in [0.3, 0.4) is 0 Å². The zero-order valence-electron chi connectivity index (χ0n) is 38.9. The third kappa shape index (κ3) is 12.5. The molecular weight excluding hydrogens is 889 g/mol. The number of methoxy groups -OCH3 is 2. The van der Waals surface area contributed by atoms with Gasteiger partial charge in [0.25, 0.3) is 5.56 Å². The van der Waals surface area contributed by atoms with Gasteiger partial charge in [-0.25, -0.2) is 9.36 Å². The predicted octanol–water partition coefficient (Wildman–Crippen LogP) is 9.42. The van der Waals surface area contributed by atoms with E-state index in [0.29, 0.717) is 11.5 Å². The minimum absolute atomic E-state index is 0.0842. The molecule has 1 aliphatic rings. The maximum Gasteiger partial charge on any atom is 0.527 e. The molecule has 1 fully saturated rings. The molecule has 14 nitrogen and oxygen atoms in total. The first-order chi connectivity index (χ1) is 30.8. The van der Waals surface area contributed by atoms with Gasteiger partial charge in [-0.3, -0.25) is 23.8 Å². The highest BCUT2D eigenvalue weighted by Crippen LogP contribution is 2.52. The number of hydrogen-bond acceptors (Lipinski definition) is 11. The van der Waals surface area contributed by atoms with Crippen LogP contribution in [0.4, 0.5) is 0 Å². The first-order valence-corrected chi connectivity index (χ1v) is 26.4. The standard InChI is InChI=1S/C42H48ClN2O11PSi.C6H15N/c1-41(2,3)58(6,7)56-38-37(55-57(48,49)54-34-16-12-11-15-33(34)43)35(53-39(38)45-26-25-36(46)44-40(45)47)27-52-42(28-13-9-8-10-14-28,29-17-21-31(50-4)22-18-29)30-19-23-32(51-5)24-20-30;1-4-7(5-2)6-3/h8-26,35,37-39H,27H2,1-7H3,(H,48,49)(H,44,46,47);4-6H2,1-3H3/t35-,37-,38-,39-;/m1./s1. The quantitative estimate of drug-likeness (QED) is 0.0488. The van der Waals surface area contributed by atoms with Gasteiger partial charge in [0.2, 0.25) is 0 Å². The van der Waals surface area contributed by atoms with E-state index >= 15 is 0 Å². The van der Waals surface area contributed by atoms with Gasteiger partial charge in [0.15, 0.2) is 14.5 Å². The van der Waals surface area contributed by atoms with Crippen LogP contribution in [0.5, 0.6) is 17.2 Å². The summed E-state index contributed by atoms with van der Waals surface area (Å²) in [5.74, 6) is 1.18. The van der Waals surface area contributed by atoms with Crippen LogP contribution in [0.1, 0.15) is 64.5 Å². The van der Waals surface area contributed by atoms with E-state index in [4.69, 9.17) is 44.0 Å². The molecule has 352 valence electrons. The van der Waals surface area contributed by atoms with Crippen molar-refractivity contribution in [2.24, 2.45) is 0 Å². The molecule has 0 bridgehead atoms. The minimum atomic E-state index is -5.02. The van der Waals surface area contributed by atoms with E-state index in [1.165, 1.54) is 48.6 Å². The summed E-state index contributed by atoms with van der Waals surface area (Å²) in [5.41, 5.74) is -0.536. The monoisotopic (exact) mass is 951 g/mol. The normalized spacial score (nSPS) is 18.7. The summed E-state index contributed by atoms with van der Waals surface area (Å²) in [5, 5.41) is -0.282. The number of aromatic nitrogens is 2. The fraction of sp³-hybridized carbons (Fsp3) is 0.417. The third-order valence-corrected chi connectivity index (χ3v) is 17.7. The molecule has 1 aromatic heterocycles. The lowest BCUT2D eigenvalue weighted by Crippen LogP contribution is -2.50. The van der Waals surface area contributed by atoms with Gasteiger partial charge < -0.3 is 32.8 Å². The summed E-state index contributed by atoms with van der Waals surface area (Å²) in [4.78, 5) is 41.7. The van der Waals surface area contributed by atoms with E-state index in [9.17, 15) is 19.0 Å². The van der Waals surface area contributed by atoms with Crippen molar-refractivity contribution >= 4 is 27.7 Å². The van der Waals surface area contributed by atoms with E-state index in [0.717, 1.165) is 16.7 Å². The number of nitrogens with one attached hydrogen (secondary N) is 1. The van der Waals surface area contributed by atoms with Gasteiger partial charge in [0.1, 0.15) is 41.2 Å². The van der Waals surface area contributed by atoms with Gasteiger partial charge >= 0.3 is 13.5 Å². The third-order valence-electron chi connectivity index (χ3n) is 11.9. The van der Waals surface area contributed by atoms with Gasteiger partial charge in [-0.1, -0.05) is 120 Å². The molecule has 5 aromatic rings. The Labute approximate surface area is 388 Å². The Kier molecular flexibility index (Phi) is 17.6. The molecule has 1 unspecified atom stereocenters. The van der Waals surface area contributed by atoms with Crippen molar-refractivity contribution in [3.63, 3.8) is 0 Å². The molecule has 2 heterocycles. The van der Waals surface area contributed by atoms with E-state index < -0.39 is 57.5 Å². The largest absolute Gasteiger partial charge is 0.527 e. The van der Waals surface area contributed by atoms with Gasteiger partial charge in [-0.15, -0.1) is 0 Å². The summed E-state index contributed by atoms with van der Waals surface area (Å²) in [6.45, 7) is 19.9. The molecule has 0 amide bonds. The van der Waals surface area contributed by atoms with Crippen molar-refractivity contribution in [1.29, 1.82) is 0 Å². The molecular formula is C48H63ClN3O11PSi. The molecule has 0 radical (unpaired) electrons. The number of ether oxygens (including phenoxy) is 4. The van der Waals surface area contributed by atoms with Gasteiger partial charge in [0.05, 0.1) is 25.8 Å². The number of nitrogens with zero attached hydrogens (tertiary/aromatic N) is 2. The Morgan fingerprint density at radius 1 is 0.785 bits per heavy atom. The van der Waals surface area contributed by atoms with Crippen LogP contribution in [0, 0.1) is 0 Å². The van der Waals surface area contributed by atoms with Gasteiger partial charge in [-0.2, -0.15) is 0 Å². The highest BCUT2D eigenvalue weighted by molar-refractivity contribution is 7.47. The van der Waals surface area contributed by atoms with Crippen LogP contribution in [-0.4, -0.2) is 86.4 Å². The zero-order chi connectivity index (χ0) is 47.6. The Hall–Kier alpha value is -4.54. The van der Waals surface area contributed by atoms with Crippen LogP contribution >= 0.6 is 19.4 Å². The number of hydrogen-bond donors (Lipinski definition) is 2. The highest BCUT2D eigenvalue weighted by atomic mass is 35.5. The van der Waals surface area contributed by atoms with E-state index in [-0.39, 0.29) is 22.4 Å². The summed E-state index contributed by atoms with van der Waals surface area (Å²) < 4.78 is 58.7. The zero-order valence-corrected chi connectivity index (χ0v) is 41.5. The maximum absolute atomic E-state index is 14.1. The SMILES string of the molecule is CCN(CC)CC.COc1ccc(C(OC[C@H]2O[C@@H](n3ccc(=O)[nH]c3=O)[C@H](O[Si](C)(C)C(C)(C)C)[C@@H]2OP(=O)(O)Oc2ccccc2Cl)(c2ccccc2)c2ccc(OC)cc2)cc1. The fourth-order valence-electron chi connectivity index (χ4n) is 7.23. The lowest BCUT2D eigenvalue weighted by molar-refractivity contribution is -0.0948. The van der Waals surface area contributed by atoms with Gasteiger partial charge in [-0.05, 0) is 90.9 Å². The van der Waals surface area contributed by atoms with E-state index in [2.05, 4.69) is 30.7 Å². The first kappa shape index (κ1) is 51.4. The van der Waals surface area contributed by atoms with Crippen molar-refractivity contribution in [2.45, 2.75) is 89.8 Å². The number of benzene rings is 4. The number of aromatic amines is 1. The Balaban J connectivity index is 0.00000105. The molecule has 0 aliphatic carbocycles. The Morgan fingerprint density at radius 2 is 1.31 bits per heavy atom. The number of para-hydroxylation sites is 1. The number of rotatable bonds is 18. The van der Waals surface area contributed by atoms with Crippen LogP contribution in [0.25, 0.3) is 0 Å². The maximum atomic E-state index is 14.1. The minimum Gasteiger partial charge on any atom is -0.497 e. The molecule has 17 heteroatoms. The molecule has 2 N–H and O–H groups in total. The first-order valence-electron chi connectivity index (χ1n) is 21.6. The van der Waals surface area contributed by atoms with Gasteiger partial charge in [0, 0.05) is 12.3 Å².